The molecule has 31 heavy (non-hydrogen) atoms. The summed E-state index contributed by atoms with van der Waals surface area (Å²) in [5.74, 6) is -0.0434. The van der Waals surface area contributed by atoms with Crippen molar-refractivity contribution in [3.05, 3.63) is 72.3 Å². The van der Waals surface area contributed by atoms with E-state index in [1.54, 1.807) is 18.0 Å². The summed E-state index contributed by atoms with van der Waals surface area (Å²) >= 11 is 0. The number of aryl methyl sites for hydroxylation is 1. The molecule has 5 heteroatoms. The minimum absolute atomic E-state index is 0.0778. The van der Waals surface area contributed by atoms with E-state index in [9.17, 15) is 9.59 Å². The molecular formula is C26H25N3O2. The van der Waals surface area contributed by atoms with Gasteiger partial charge in [-0.15, -0.1) is 0 Å². The van der Waals surface area contributed by atoms with Crippen LogP contribution in [0.3, 0.4) is 0 Å². The first-order chi connectivity index (χ1) is 15.1. The lowest BCUT2D eigenvalue weighted by atomic mass is 10.1. The predicted octanol–water partition coefficient (Wildman–Crippen LogP) is 5.44. The van der Waals surface area contributed by atoms with Crippen LogP contribution in [0.5, 0.6) is 0 Å². The van der Waals surface area contributed by atoms with Crippen LogP contribution in [0.1, 0.15) is 30.1 Å². The van der Waals surface area contributed by atoms with Gasteiger partial charge in [0.25, 0.3) is 5.91 Å². The number of nitrogens with zero attached hydrogens (tertiary/aromatic N) is 2. The molecule has 0 atom stereocenters. The Balaban J connectivity index is 1.49. The van der Waals surface area contributed by atoms with E-state index in [0.717, 1.165) is 36.0 Å². The summed E-state index contributed by atoms with van der Waals surface area (Å²) in [6, 6.07) is 21.6. The molecule has 1 aliphatic carbocycles. The molecule has 4 aromatic rings. The van der Waals surface area contributed by atoms with Crippen molar-refractivity contribution in [2.24, 2.45) is 5.92 Å². The molecule has 156 valence electrons. The third-order valence-corrected chi connectivity index (χ3v) is 6.11. The fourth-order valence-corrected chi connectivity index (χ4v) is 4.35. The number of hydrogen-bond acceptors (Lipinski definition) is 2. The number of carbonyl (C=O) groups is 2. The highest BCUT2D eigenvalue weighted by Gasteiger charge is 2.33. The first kappa shape index (κ1) is 19.4. The largest absolute Gasteiger partial charge is 0.341 e. The second-order valence-corrected chi connectivity index (χ2v) is 8.14. The molecule has 5 nitrogen and oxygen atoms in total. The lowest BCUT2D eigenvalue weighted by molar-refractivity contribution is -0.119. The highest BCUT2D eigenvalue weighted by atomic mass is 16.2. The molecule has 1 aliphatic rings. The standard InChI is InChI=1S/C26H25N3O2/c1-3-29-23-11-7-4-8-19(23)21-16-18(14-15-24(21)29)27-25(30)20-9-5-6-10-22(20)28(2)26(31)17-12-13-17/h4-11,14-17H,3,12-13H2,1-2H3,(H,27,30). The van der Waals surface area contributed by atoms with Gasteiger partial charge < -0.3 is 14.8 Å². The van der Waals surface area contributed by atoms with Crippen LogP contribution in [0, 0.1) is 5.92 Å². The Bertz CT molecular complexity index is 1320. The monoisotopic (exact) mass is 411 g/mol. The normalized spacial score (nSPS) is 13.5. The number of fused-ring (bicyclic) bond motifs is 3. The van der Waals surface area contributed by atoms with Gasteiger partial charge in [0, 0.05) is 47.0 Å². The third-order valence-electron chi connectivity index (χ3n) is 6.11. The second kappa shape index (κ2) is 7.58. The van der Waals surface area contributed by atoms with Gasteiger partial charge in [-0.1, -0.05) is 30.3 Å². The summed E-state index contributed by atoms with van der Waals surface area (Å²) < 4.78 is 2.28. The zero-order chi connectivity index (χ0) is 21.5. The van der Waals surface area contributed by atoms with Crippen molar-refractivity contribution in [3.63, 3.8) is 0 Å². The number of amides is 2. The van der Waals surface area contributed by atoms with Crippen LogP contribution >= 0.6 is 0 Å². The number of anilines is 2. The summed E-state index contributed by atoms with van der Waals surface area (Å²) in [6.45, 7) is 3.02. The van der Waals surface area contributed by atoms with Crippen molar-refractivity contribution in [1.82, 2.24) is 4.57 Å². The molecule has 1 N–H and O–H groups in total. The maximum Gasteiger partial charge on any atom is 0.257 e. The highest BCUT2D eigenvalue weighted by molar-refractivity contribution is 6.13. The van der Waals surface area contributed by atoms with E-state index in [1.165, 1.54) is 10.9 Å². The van der Waals surface area contributed by atoms with Crippen LogP contribution in [0.2, 0.25) is 0 Å². The van der Waals surface area contributed by atoms with Crippen molar-refractivity contribution in [1.29, 1.82) is 0 Å². The zero-order valence-corrected chi connectivity index (χ0v) is 17.8. The summed E-state index contributed by atoms with van der Waals surface area (Å²) in [6.07, 6.45) is 1.87. The molecule has 0 spiro atoms. The van der Waals surface area contributed by atoms with E-state index in [1.807, 2.05) is 42.5 Å². The van der Waals surface area contributed by atoms with Crippen LogP contribution in [-0.4, -0.2) is 23.4 Å². The van der Waals surface area contributed by atoms with E-state index >= 15 is 0 Å². The Labute approximate surface area is 181 Å². The fourth-order valence-electron chi connectivity index (χ4n) is 4.35. The van der Waals surface area contributed by atoms with E-state index in [4.69, 9.17) is 0 Å². The van der Waals surface area contributed by atoms with Crippen LogP contribution in [0.15, 0.2) is 66.7 Å². The van der Waals surface area contributed by atoms with E-state index < -0.39 is 0 Å². The molecular weight excluding hydrogens is 386 g/mol. The van der Waals surface area contributed by atoms with E-state index in [2.05, 4.69) is 35.0 Å². The Morgan fingerprint density at radius 3 is 2.45 bits per heavy atom. The number of carbonyl (C=O) groups excluding carboxylic acids is 2. The number of benzene rings is 3. The molecule has 0 radical (unpaired) electrons. The Hall–Kier alpha value is -3.60. The van der Waals surface area contributed by atoms with Gasteiger partial charge in [-0.2, -0.15) is 0 Å². The Kier molecular flexibility index (Phi) is 4.74. The van der Waals surface area contributed by atoms with Crippen LogP contribution in [-0.2, 0) is 11.3 Å². The van der Waals surface area contributed by atoms with Crippen molar-refractivity contribution in [2.45, 2.75) is 26.3 Å². The maximum absolute atomic E-state index is 13.2. The molecule has 1 aromatic heterocycles. The van der Waals surface area contributed by atoms with Crippen LogP contribution < -0.4 is 10.2 Å². The number of aromatic nitrogens is 1. The van der Waals surface area contributed by atoms with Gasteiger partial charge >= 0.3 is 0 Å². The third kappa shape index (κ3) is 3.36. The molecule has 1 saturated carbocycles. The zero-order valence-electron chi connectivity index (χ0n) is 17.8. The predicted molar refractivity (Wildman–Crippen MR) is 126 cm³/mol. The minimum Gasteiger partial charge on any atom is -0.341 e. The molecule has 0 saturated heterocycles. The van der Waals surface area contributed by atoms with Crippen molar-refractivity contribution < 1.29 is 9.59 Å². The van der Waals surface area contributed by atoms with Crippen molar-refractivity contribution >= 4 is 45.0 Å². The average molecular weight is 412 g/mol. The van der Waals surface area contributed by atoms with Gasteiger partial charge in [0.05, 0.1) is 11.3 Å². The fraction of sp³-hybridized carbons (Fsp3) is 0.231. The van der Waals surface area contributed by atoms with Gasteiger partial charge in [-0.25, -0.2) is 0 Å². The van der Waals surface area contributed by atoms with Gasteiger partial charge in [0.15, 0.2) is 0 Å². The van der Waals surface area contributed by atoms with Crippen LogP contribution in [0.25, 0.3) is 21.8 Å². The average Bonchev–Trinajstić information content (AvgIpc) is 3.60. The molecule has 3 aromatic carbocycles. The summed E-state index contributed by atoms with van der Waals surface area (Å²) in [7, 11) is 1.75. The van der Waals surface area contributed by atoms with Gasteiger partial charge in [0.1, 0.15) is 0 Å². The van der Waals surface area contributed by atoms with Crippen molar-refractivity contribution in [2.75, 3.05) is 17.3 Å². The first-order valence-corrected chi connectivity index (χ1v) is 10.8. The molecule has 1 fully saturated rings. The number of nitrogens with one attached hydrogen (secondary N) is 1. The van der Waals surface area contributed by atoms with Crippen LogP contribution in [0.4, 0.5) is 11.4 Å². The Morgan fingerprint density at radius 2 is 1.68 bits per heavy atom. The number of hydrogen-bond donors (Lipinski definition) is 1. The van der Waals surface area contributed by atoms with Gasteiger partial charge in [0.2, 0.25) is 5.91 Å². The number of rotatable bonds is 5. The SMILES string of the molecule is CCn1c2ccccc2c2cc(NC(=O)c3ccccc3N(C)C(=O)C3CC3)ccc21. The molecule has 0 aliphatic heterocycles. The molecule has 0 unspecified atom stereocenters. The minimum atomic E-state index is -0.218. The number of para-hydroxylation sites is 2. The van der Waals surface area contributed by atoms with Gasteiger partial charge in [-0.3, -0.25) is 9.59 Å². The maximum atomic E-state index is 13.2. The van der Waals surface area contributed by atoms with Gasteiger partial charge in [-0.05, 0) is 56.2 Å². The van der Waals surface area contributed by atoms with E-state index in [-0.39, 0.29) is 17.7 Å². The highest BCUT2D eigenvalue weighted by Crippen LogP contribution is 2.34. The topological polar surface area (TPSA) is 54.3 Å². The molecule has 5 rings (SSSR count). The lowest BCUT2D eigenvalue weighted by Gasteiger charge is -2.20. The van der Waals surface area contributed by atoms with E-state index in [0.29, 0.717) is 11.3 Å². The molecule has 0 bridgehead atoms. The second-order valence-electron chi connectivity index (χ2n) is 8.14. The smallest absolute Gasteiger partial charge is 0.257 e. The molecule has 1 heterocycles. The summed E-state index contributed by atoms with van der Waals surface area (Å²) in [4.78, 5) is 27.3. The van der Waals surface area contributed by atoms with Crippen molar-refractivity contribution in [3.8, 4) is 0 Å². The molecule has 2 amide bonds. The summed E-state index contributed by atoms with van der Waals surface area (Å²) in [5, 5.41) is 5.32. The Morgan fingerprint density at radius 1 is 0.968 bits per heavy atom. The first-order valence-electron chi connectivity index (χ1n) is 10.8. The quantitative estimate of drug-likeness (QED) is 0.475. The lowest BCUT2D eigenvalue weighted by Crippen LogP contribution is -2.29. The summed E-state index contributed by atoms with van der Waals surface area (Å²) in [5.41, 5.74) is 4.21.